The fraction of sp³-hybridized carbons (Fsp3) is 0.389. The van der Waals surface area contributed by atoms with Crippen LogP contribution in [0.1, 0.15) is 41.1 Å². The molecule has 1 aromatic heterocycles. The molecule has 126 valence electrons. The molecule has 0 radical (unpaired) electrons. The lowest BCUT2D eigenvalue weighted by atomic mass is 9.86. The summed E-state index contributed by atoms with van der Waals surface area (Å²) < 4.78 is 1.90. The number of rotatable bonds is 5. The van der Waals surface area contributed by atoms with Crippen molar-refractivity contribution in [1.82, 2.24) is 14.5 Å². The Morgan fingerprint density at radius 2 is 1.96 bits per heavy atom. The Morgan fingerprint density at radius 1 is 1.21 bits per heavy atom. The molecular formula is C18H21N3O3. The number of aromatic nitrogens is 2. The van der Waals surface area contributed by atoms with E-state index in [0.29, 0.717) is 31.6 Å². The van der Waals surface area contributed by atoms with Crippen molar-refractivity contribution in [2.75, 3.05) is 13.1 Å². The molecule has 1 aliphatic rings. The summed E-state index contributed by atoms with van der Waals surface area (Å²) in [6, 6.07) is 7.18. The molecule has 2 aromatic rings. The number of hydrogen-bond donors (Lipinski definition) is 1. The first-order valence-corrected chi connectivity index (χ1v) is 8.21. The van der Waals surface area contributed by atoms with E-state index in [1.165, 1.54) is 0 Å². The van der Waals surface area contributed by atoms with Gasteiger partial charge in [-0.2, -0.15) is 0 Å². The number of nitrogens with zero attached hydrogens (tertiary/aromatic N) is 3. The number of imidazole rings is 1. The fourth-order valence-corrected chi connectivity index (χ4v) is 3.29. The predicted molar refractivity (Wildman–Crippen MR) is 88.8 cm³/mol. The first kappa shape index (κ1) is 16.2. The molecule has 3 rings (SSSR count). The third-order valence-corrected chi connectivity index (χ3v) is 4.62. The van der Waals surface area contributed by atoms with Crippen LogP contribution >= 0.6 is 0 Å². The Hall–Kier alpha value is -2.63. The van der Waals surface area contributed by atoms with Gasteiger partial charge in [-0.05, 0) is 30.4 Å². The number of aryl methyl sites for hydroxylation is 1. The summed E-state index contributed by atoms with van der Waals surface area (Å²) in [6.45, 7) is 2.00. The number of piperidine rings is 1. The van der Waals surface area contributed by atoms with Crippen molar-refractivity contribution in [3.05, 3.63) is 54.1 Å². The number of aromatic carboxylic acids is 1. The topological polar surface area (TPSA) is 75.4 Å². The number of amides is 1. The highest BCUT2D eigenvalue weighted by molar-refractivity contribution is 5.89. The van der Waals surface area contributed by atoms with E-state index in [1.807, 2.05) is 27.8 Å². The molecule has 0 unspecified atom stereocenters. The van der Waals surface area contributed by atoms with Gasteiger partial charge in [0.2, 0.25) is 5.91 Å². The van der Waals surface area contributed by atoms with Gasteiger partial charge in [0.15, 0.2) is 0 Å². The van der Waals surface area contributed by atoms with Crippen LogP contribution in [-0.2, 0) is 11.3 Å². The largest absolute Gasteiger partial charge is 0.478 e. The van der Waals surface area contributed by atoms with Gasteiger partial charge < -0.3 is 14.6 Å². The van der Waals surface area contributed by atoms with E-state index in [9.17, 15) is 14.7 Å². The van der Waals surface area contributed by atoms with Gasteiger partial charge in [-0.25, -0.2) is 9.78 Å². The van der Waals surface area contributed by atoms with Crippen LogP contribution in [0.2, 0.25) is 0 Å². The maximum Gasteiger partial charge on any atom is 0.335 e. The van der Waals surface area contributed by atoms with Crippen LogP contribution in [0.5, 0.6) is 0 Å². The summed E-state index contributed by atoms with van der Waals surface area (Å²) in [5.74, 6) is -0.534. The van der Waals surface area contributed by atoms with Crippen LogP contribution in [0.15, 0.2) is 43.0 Å². The lowest BCUT2D eigenvalue weighted by molar-refractivity contribution is -0.132. The van der Waals surface area contributed by atoms with Crippen molar-refractivity contribution in [3.8, 4) is 0 Å². The number of benzene rings is 1. The normalized spacial score (nSPS) is 15.4. The van der Waals surface area contributed by atoms with E-state index < -0.39 is 5.97 Å². The second-order valence-electron chi connectivity index (χ2n) is 6.10. The zero-order valence-corrected chi connectivity index (χ0v) is 13.5. The zero-order chi connectivity index (χ0) is 16.9. The molecule has 0 spiro atoms. The second kappa shape index (κ2) is 7.29. The molecule has 1 fully saturated rings. The monoisotopic (exact) mass is 327 g/mol. The van der Waals surface area contributed by atoms with Crippen LogP contribution in [0, 0.1) is 0 Å². The third kappa shape index (κ3) is 3.64. The molecule has 6 heteroatoms. The second-order valence-corrected chi connectivity index (χ2v) is 6.10. The summed E-state index contributed by atoms with van der Waals surface area (Å²) in [7, 11) is 0. The minimum atomic E-state index is -0.885. The number of likely N-dealkylation sites (tertiary alicyclic amines) is 1. The predicted octanol–water partition coefficient (Wildman–Crippen LogP) is 2.38. The summed E-state index contributed by atoms with van der Waals surface area (Å²) >= 11 is 0. The van der Waals surface area contributed by atoms with Crippen molar-refractivity contribution in [2.24, 2.45) is 0 Å². The van der Waals surface area contributed by atoms with Gasteiger partial charge in [-0.3, -0.25) is 4.79 Å². The molecule has 2 heterocycles. The molecule has 0 atom stereocenters. The molecule has 1 N–H and O–H groups in total. The van der Waals surface area contributed by atoms with Gasteiger partial charge >= 0.3 is 5.97 Å². The SMILES string of the molecule is O=C(O)c1ccccc1C1CCN(C(=O)CCn2ccnc2)CC1. The van der Waals surface area contributed by atoms with Crippen LogP contribution in [0.4, 0.5) is 0 Å². The van der Waals surface area contributed by atoms with E-state index >= 15 is 0 Å². The summed E-state index contributed by atoms with van der Waals surface area (Å²) in [6.07, 6.45) is 7.34. The molecule has 1 saturated heterocycles. The molecule has 0 aliphatic carbocycles. The van der Waals surface area contributed by atoms with Crippen LogP contribution < -0.4 is 0 Å². The number of carboxylic acids is 1. The number of carbonyl (C=O) groups excluding carboxylic acids is 1. The van der Waals surface area contributed by atoms with Gasteiger partial charge in [0, 0.05) is 38.4 Å². The average molecular weight is 327 g/mol. The van der Waals surface area contributed by atoms with Crippen molar-refractivity contribution in [1.29, 1.82) is 0 Å². The molecule has 0 bridgehead atoms. The van der Waals surface area contributed by atoms with Crippen molar-refractivity contribution in [2.45, 2.75) is 31.7 Å². The minimum absolute atomic E-state index is 0.147. The Kier molecular flexibility index (Phi) is 4.93. The quantitative estimate of drug-likeness (QED) is 0.915. The maximum atomic E-state index is 12.3. The Morgan fingerprint density at radius 3 is 2.62 bits per heavy atom. The Labute approximate surface area is 140 Å². The van der Waals surface area contributed by atoms with Gasteiger partial charge in [-0.15, -0.1) is 0 Å². The molecule has 1 aromatic carbocycles. The zero-order valence-electron chi connectivity index (χ0n) is 13.5. The van der Waals surface area contributed by atoms with Crippen LogP contribution in [-0.4, -0.2) is 44.5 Å². The molecule has 1 amide bonds. The highest BCUT2D eigenvalue weighted by atomic mass is 16.4. The first-order valence-electron chi connectivity index (χ1n) is 8.21. The maximum absolute atomic E-state index is 12.3. The minimum Gasteiger partial charge on any atom is -0.478 e. The molecule has 24 heavy (non-hydrogen) atoms. The lowest BCUT2D eigenvalue weighted by Crippen LogP contribution is -2.38. The van der Waals surface area contributed by atoms with Crippen molar-refractivity contribution in [3.63, 3.8) is 0 Å². The number of carboxylic acid groups (broad SMARTS) is 1. The van der Waals surface area contributed by atoms with Crippen LogP contribution in [0.3, 0.4) is 0 Å². The summed E-state index contributed by atoms with van der Waals surface area (Å²) in [4.78, 5) is 29.5. The van der Waals surface area contributed by atoms with E-state index in [2.05, 4.69) is 4.98 Å². The van der Waals surface area contributed by atoms with E-state index in [4.69, 9.17) is 0 Å². The van der Waals surface area contributed by atoms with Crippen LogP contribution in [0.25, 0.3) is 0 Å². The standard InChI is InChI=1S/C18H21N3O3/c22-17(7-9-20-12-8-19-13-20)21-10-5-14(6-11-21)15-3-1-2-4-16(15)18(23)24/h1-4,8,12-14H,5-7,9-11H2,(H,23,24). The van der Waals surface area contributed by atoms with Gasteiger partial charge in [0.05, 0.1) is 11.9 Å². The smallest absolute Gasteiger partial charge is 0.335 e. The molecule has 0 saturated carbocycles. The van der Waals surface area contributed by atoms with Gasteiger partial charge in [-0.1, -0.05) is 18.2 Å². The lowest BCUT2D eigenvalue weighted by Gasteiger charge is -2.32. The highest BCUT2D eigenvalue weighted by Gasteiger charge is 2.26. The summed E-state index contributed by atoms with van der Waals surface area (Å²) in [5.41, 5.74) is 1.26. The molecule has 1 aliphatic heterocycles. The third-order valence-electron chi connectivity index (χ3n) is 4.62. The van der Waals surface area contributed by atoms with E-state index in [1.54, 1.807) is 24.7 Å². The van der Waals surface area contributed by atoms with Gasteiger partial charge in [0.25, 0.3) is 0 Å². The first-order chi connectivity index (χ1) is 11.6. The fourth-order valence-electron chi connectivity index (χ4n) is 3.29. The van der Waals surface area contributed by atoms with Gasteiger partial charge in [0.1, 0.15) is 0 Å². The Balaban J connectivity index is 1.56. The highest BCUT2D eigenvalue weighted by Crippen LogP contribution is 2.30. The number of carbonyl (C=O) groups is 2. The van der Waals surface area contributed by atoms with Crippen molar-refractivity contribution < 1.29 is 14.7 Å². The number of hydrogen-bond acceptors (Lipinski definition) is 3. The molecular weight excluding hydrogens is 306 g/mol. The Bertz CT molecular complexity index is 704. The van der Waals surface area contributed by atoms with E-state index in [-0.39, 0.29) is 11.8 Å². The van der Waals surface area contributed by atoms with Crippen molar-refractivity contribution >= 4 is 11.9 Å². The van der Waals surface area contributed by atoms with E-state index in [0.717, 1.165) is 18.4 Å². The molecule has 6 nitrogen and oxygen atoms in total. The average Bonchev–Trinajstić information content (AvgIpc) is 3.13. The summed E-state index contributed by atoms with van der Waals surface area (Å²) in [5, 5.41) is 9.33.